The van der Waals surface area contributed by atoms with E-state index >= 15 is 0 Å². The SMILES string of the molecule is COCCNCc1ccc(CN2CCCC2)cc1OC. The lowest BCUT2D eigenvalue weighted by molar-refractivity contribution is 0.199. The highest BCUT2D eigenvalue weighted by Crippen LogP contribution is 2.22. The van der Waals surface area contributed by atoms with E-state index in [4.69, 9.17) is 9.47 Å². The average molecular weight is 278 g/mol. The molecule has 1 aliphatic heterocycles. The minimum absolute atomic E-state index is 0.732. The Labute approximate surface area is 122 Å². The molecule has 0 saturated carbocycles. The maximum atomic E-state index is 5.52. The van der Waals surface area contributed by atoms with Crippen LogP contribution < -0.4 is 10.1 Å². The minimum atomic E-state index is 0.732. The summed E-state index contributed by atoms with van der Waals surface area (Å²) in [5.74, 6) is 0.978. The Bertz CT molecular complexity index is 403. The lowest BCUT2D eigenvalue weighted by Gasteiger charge is -2.16. The Balaban J connectivity index is 1.92. The van der Waals surface area contributed by atoms with Gasteiger partial charge in [0.2, 0.25) is 0 Å². The van der Waals surface area contributed by atoms with Crippen molar-refractivity contribution in [1.29, 1.82) is 0 Å². The molecule has 0 aliphatic carbocycles. The van der Waals surface area contributed by atoms with Gasteiger partial charge in [-0.1, -0.05) is 12.1 Å². The average Bonchev–Trinajstić information content (AvgIpc) is 2.97. The van der Waals surface area contributed by atoms with Crippen molar-refractivity contribution in [1.82, 2.24) is 10.2 Å². The number of nitrogens with one attached hydrogen (secondary N) is 1. The van der Waals surface area contributed by atoms with Gasteiger partial charge in [-0.05, 0) is 37.6 Å². The number of nitrogens with zero attached hydrogens (tertiary/aromatic N) is 1. The van der Waals surface area contributed by atoms with Crippen molar-refractivity contribution in [3.05, 3.63) is 29.3 Å². The van der Waals surface area contributed by atoms with E-state index in [1.54, 1.807) is 14.2 Å². The number of ether oxygens (including phenoxy) is 2. The molecular weight excluding hydrogens is 252 g/mol. The predicted molar refractivity (Wildman–Crippen MR) is 81.1 cm³/mol. The maximum absolute atomic E-state index is 5.52. The van der Waals surface area contributed by atoms with E-state index in [1.165, 1.54) is 37.1 Å². The molecule has 1 aromatic rings. The zero-order valence-corrected chi connectivity index (χ0v) is 12.7. The number of methoxy groups -OCH3 is 2. The van der Waals surface area contributed by atoms with Crippen molar-refractivity contribution in [3.8, 4) is 5.75 Å². The largest absolute Gasteiger partial charge is 0.496 e. The van der Waals surface area contributed by atoms with Crippen LogP contribution in [0.2, 0.25) is 0 Å². The first kappa shape index (κ1) is 15.3. The lowest BCUT2D eigenvalue weighted by Crippen LogP contribution is -2.20. The topological polar surface area (TPSA) is 33.7 Å². The molecule has 0 spiro atoms. The highest BCUT2D eigenvalue weighted by Gasteiger charge is 2.12. The zero-order chi connectivity index (χ0) is 14.2. The van der Waals surface area contributed by atoms with Gasteiger partial charge in [0.25, 0.3) is 0 Å². The standard InChI is InChI=1S/C16H26N2O2/c1-19-10-7-17-12-15-6-5-14(11-16(15)20-2)13-18-8-3-4-9-18/h5-6,11,17H,3-4,7-10,12-13H2,1-2H3. The van der Waals surface area contributed by atoms with Gasteiger partial charge in [0.1, 0.15) is 5.75 Å². The molecule has 1 N–H and O–H groups in total. The molecule has 2 rings (SSSR count). The summed E-state index contributed by atoms with van der Waals surface area (Å²) in [4.78, 5) is 2.51. The third-order valence-electron chi connectivity index (χ3n) is 3.75. The number of hydrogen-bond donors (Lipinski definition) is 1. The van der Waals surface area contributed by atoms with Crippen LogP contribution in [0.25, 0.3) is 0 Å². The summed E-state index contributed by atoms with van der Waals surface area (Å²) in [6.07, 6.45) is 2.66. The van der Waals surface area contributed by atoms with Gasteiger partial charge in [-0.15, -0.1) is 0 Å². The summed E-state index contributed by atoms with van der Waals surface area (Å²) in [5.41, 5.74) is 2.54. The predicted octanol–water partition coefficient (Wildman–Crippen LogP) is 2.03. The highest BCUT2D eigenvalue weighted by molar-refractivity contribution is 5.37. The molecule has 0 bridgehead atoms. The summed E-state index contributed by atoms with van der Waals surface area (Å²) in [6, 6.07) is 6.56. The molecule has 112 valence electrons. The molecule has 0 amide bonds. The van der Waals surface area contributed by atoms with Crippen LogP contribution >= 0.6 is 0 Å². The molecule has 4 nitrogen and oxygen atoms in total. The van der Waals surface area contributed by atoms with Gasteiger partial charge in [0.15, 0.2) is 0 Å². The quantitative estimate of drug-likeness (QED) is 0.738. The Morgan fingerprint density at radius 3 is 2.70 bits per heavy atom. The Morgan fingerprint density at radius 1 is 1.20 bits per heavy atom. The number of likely N-dealkylation sites (tertiary alicyclic amines) is 1. The summed E-state index contributed by atoms with van der Waals surface area (Å²) in [7, 11) is 3.46. The summed E-state index contributed by atoms with van der Waals surface area (Å²) < 4.78 is 10.5. The molecule has 0 unspecified atom stereocenters. The highest BCUT2D eigenvalue weighted by atomic mass is 16.5. The minimum Gasteiger partial charge on any atom is -0.496 e. The van der Waals surface area contributed by atoms with Crippen LogP contribution in [0.5, 0.6) is 5.75 Å². The molecule has 1 aromatic carbocycles. The van der Waals surface area contributed by atoms with Crippen molar-refractivity contribution in [2.45, 2.75) is 25.9 Å². The summed E-state index contributed by atoms with van der Waals surface area (Å²) in [5, 5.41) is 3.35. The molecule has 20 heavy (non-hydrogen) atoms. The second kappa shape index (κ2) is 8.25. The number of benzene rings is 1. The van der Waals surface area contributed by atoms with E-state index in [9.17, 15) is 0 Å². The monoisotopic (exact) mass is 278 g/mol. The van der Waals surface area contributed by atoms with Crippen molar-refractivity contribution in [2.75, 3.05) is 40.5 Å². The Hall–Kier alpha value is -1.10. The Kier molecular flexibility index (Phi) is 6.30. The smallest absolute Gasteiger partial charge is 0.123 e. The first-order chi connectivity index (χ1) is 9.83. The van der Waals surface area contributed by atoms with Gasteiger partial charge < -0.3 is 14.8 Å². The normalized spacial score (nSPS) is 15.7. The van der Waals surface area contributed by atoms with E-state index in [2.05, 4.69) is 28.4 Å². The van der Waals surface area contributed by atoms with Gasteiger partial charge in [-0.3, -0.25) is 4.90 Å². The second-order valence-electron chi connectivity index (χ2n) is 5.30. The van der Waals surface area contributed by atoms with Crippen LogP contribution in [0.15, 0.2) is 18.2 Å². The van der Waals surface area contributed by atoms with Gasteiger partial charge in [-0.2, -0.15) is 0 Å². The third kappa shape index (κ3) is 4.47. The van der Waals surface area contributed by atoms with Crippen LogP contribution in [0.1, 0.15) is 24.0 Å². The molecule has 1 heterocycles. The van der Waals surface area contributed by atoms with Crippen molar-refractivity contribution >= 4 is 0 Å². The number of hydrogen-bond acceptors (Lipinski definition) is 4. The molecule has 4 heteroatoms. The van der Waals surface area contributed by atoms with Crippen LogP contribution in [0.4, 0.5) is 0 Å². The van der Waals surface area contributed by atoms with Gasteiger partial charge in [0, 0.05) is 32.3 Å². The van der Waals surface area contributed by atoms with E-state index in [0.717, 1.165) is 32.0 Å². The fourth-order valence-corrected chi connectivity index (χ4v) is 2.63. The van der Waals surface area contributed by atoms with Crippen LogP contribution in [-0.4, -0.2) is 45.4 Å². The first-order valence-electron chi connectivity index (χ1n) is 7.41. The Morgan fingerprint density at radius 2 is 2.00 bits per heavy atom. The van der Waals surface area contributed by atoms with E-state index < -0.39 is 0 Å². The van der Waals surface area contributed by atoms with Crippen molar-refractivity contribution in [2.24, 2.45) is 0 Å². The molecule has 1 aliphatic rings. The summed E-state index contributed by atoms with van der Waals surface area (Å²) in [6.45, 7) is 5.89. The third-order valence-corrected chi connectivity index (χ3v) is 3.75. The van der Waals surface area contributed by atoms with Crippen LogP contribution in [0, 0.1) is 0 Å². The molecule has 1 saturated heterocycles. The maximum Gasteiger partial charge on any atom is 0.123 e. The summed E-state index contributed by atoms with van der Waals surface area (Å²) >= 11 is 0. The number of rotatable bonds is 8. The van der Waals surface area contributed by atoms with E-state index in [0.29, 0.717) is 0 Å². The zero-order valence-electron chi connectivity index (χ0n) is 12.7. The van der Waals surface area contributed by atoms with E-state index in [-0.39, 0.29) is 0 Å². The van der Waals surface area contributed by atoms with Crippen LogP contribution in [0.3, 0.4) is 0 Å². The molecular formula is C16H26N2O2. The van der Waals surface area contributed by atoms with Gasteiger partial charge in [0.05, 0.1) is 13.7 Å². The fourth-order valence-electron chi connectivity index (χ4n) is 2.63. The molecule has 0 atom stereocenters. The van der Waals surface area contributed by atoms with Gasteiger partial charge >= 0.3 is 0 Å². The van der Waals surface area contributed by atoms with Crippen molar-refractivity contribution in [3.63, 3.8) is 0 Å². The van der Waals surface area contributed by atoms with E-state index in [1.807, 2.05) is 0 Å². The molecule has 0 radical (unpaired) electrons. The lowest BCUT2D eigenvalue weighted by atomic mass is 10.1. The second-order valence-corrected chi connectivity index (χ2v) is 5.30. The van der Waals surface area contributed by atoms with Gasteiger partial charge in [-0.25, -0.2) is 0 Å². The van der Waals surface area contributed by atoms with Crippen molar-refractivity contribution < 1.29 is 9.47 Å². The van der Waals surface area contributed by atoms with Crippen LogP contribution in [-0.2, 0) is 17.8 Å². The fraction of sp³-hybridized carbons (Fsp3) is 0.625. The molecule has 1 fully saturated rings. The molecule has 0 aromatic heterocycles. The first-order valence-corrected chi connectivity index (χ1v) is 7.41.